The first-order valence-corrected chi connectivity index (χ1v) is 7.82. The number of carbonyl (C=O) groups excluding carboxylic acids is 1. The molecule has 20 heavy (non-hydrogen) atoms. The molecule has 2 fully saturated rings. The SMILES string of the molecule is CCN(C(=O)CC1(C(=O)O)CCCC1)C1CCNCC1. The van der Waals surface area contributed by atoms with Crippen molar-refractivity contribution in [1.82, 2.24) is 10.2 Å². The van der Waals surface area contributed by atoms with Crippen LogP contribution in [0.3, 0.4) is 0 Å². The molecule has 1 saturated carbocycles. The molecule has 0 aromatic heterocycles. The van der Waals surface area contributed by atoms with Crippen LogP contribution in [0.15, 0.2) is 0 Å². The third-order valence-electron chi connectivity index (χ3n) is 4.91. The largest absolute Gasteiger partial charge is 0.481 e. The highest BCUT2D eigenvalue weighted by molar-refractivity contribution is 5.85. The second-order valence-electron chi connectivity index (χ2n) is 6.13. The van der Waals surface area contributed by atoms with Gasteiger partial charge in [0.05, 0.1) is 5.41 Å². The van der Waals surface area contributed by atoms with Gasteiger partial charge in [-0.15, -0.1) is 0 Å². The second kappa shape index (κ2) is 6.57. The van der Waals surface area contributed by atoms with E-state index >= 15 is 0 Å². The van der Waals surface area contributed by atoms with Crippen molar-refractivity contribution in [3.63, 3.8) is 0 Å². The number of nitrogens with zero attached hydrogens (tertiary/aromatic N) is 1. The zero-order chi connectivity index (χ0) is 14.6. The lowest BCUT2D eigenvalue weighted by molar-refractivity contribution is -0.154. The highest BCUT2D eigenvalue weighted by Crippen LogP contribution is 2.42. The molecular formula is C15H26N2O3. The molecule has 0 radical (unpaired) electrons. The number of aliphatic carboxylic acids is 1. The van der Waals surface area contributed by atoms with Gasteiger partial charge in [-0.25, -0.2) is 0 Å². The van der Waals surface area contributed by atoms with E-state index < -0.39 is 11.4 Å². The van der Waals surface area contributed by atoms with Crippen LogP contribution in [0.25, 0.3) is 0 Å². The Bertz CT molecular complexity index is 358. The zero-order valence-electron chi connectivity index (χ0n) is 12.4. The van der Waals surface area contributed by atoms with Gasteiger partial charge in [0.15, 0.2) is 0 Å². The summed E-state index contributed by atoms with van der Waals surface area (Å²) in [6.45, 7) is 4.55. The van der Waals surface area contributed by atoms with Gasteiger partial charge in [-0.3, -0.25) is 9.59 Å². The number of carboxylic acids is 1. The van der Waals surface area contributed by atoms with Crippen LogP contribution in [0.5, 0.6) is 0 Å². The fourth-order valence-corrected chi connectivity index (χ4v) is 3.67. The fourth-order valence-electron chi connectivity index (χ4n) is 3.67. The van der Waals surface area contributed by atoms with Crippen molar-refractivity contribution in [2.75, 3.05) is 19.6 Å². The predicted molar refractivity (Wildman–Crippen MR) is 76.4 cm³/mol. The van der Waals surface area contributed by atoms with E-state index in [-0.39, 0.29) is 18.4 Å². The number of rotatable bonds is 5. The van der Waals surface area contributed by atoms with Crippen molar-refractivity contribution >= 4 is 11.9 Å². The lowest BCUT2D eigenvalue weighted by Gasteiger charge is -2.36. The van der Waals surface area contributed by atoms with Gasteiger partial charge in [0.1, 0.15) is 0 Å². The predicted octanol–water partition coefficient (Wildman–Crippen LogP) is 1.62. The number of amides is 1. The van der Waals surface area contributed by atoms with Crippen molar-refractivity contribution in [2.24, 2.45) is 5.41 Å². The molecule has 5 nitrogen and oxygen atoms in total. The number of piperidine rings is 1. The lowest BCUT2D eigenvalue weighted by atomic mass is 9.82. The number of hydrogen-bond acceptors (Lipinski definition) is 3. The summed E-state index contributed by atoms with van der Waals surface area (Å²) in [5, 5.41) is 12.8. The smallest absolute Gasteiger partial charge is 0.310 e. The quantitative estimate of drug-likeness (QED) is 0.804. The Morgan fingerprint density at radius 3 is 2.35 bits per heavy atom. The molecule has 2 rings (SSSR count). The monoisotopic (exact) mass is 282 g/mol. The molecule has 1 aliphatic carbocycles. The van der Waals surface area contributed by atoms with Crippen LogP contribution in [0.4, 0.5) is 0 Å². The third kappa shape index (κ3) is 3.14. The Labute approximate surface area is 120 Å². The standard InChI is InChI=1S/C15H26N2O3/c1-2-17(12-5-9-16-10-6-12)13(18)11-15(14(19)20)7-3-4-8-15/h12,16H,2-11H2,1H3,(H,19,20). The van der Waals surface area contributed by atoms with E-state index in [2.05, 4.69) is 5.32 Å². The molecule has 2 N–H and O–H groups in total. The van der Waals surface area contributed by atoms with E-state index in [0.717, 1.165) is 38.8 Å². The Balaban J connectivity index is 2.02. The number of nitrogens with one attached hydrogen (secondary N) is 1. The minimum atomic E-state index is -0.794. The summed E-state index contributed by atoms with van der Waals surface area (Å²) in [7, 11) is 0. The Hall–Kier alpha value is -1.10. The summed E-state index contributed by atoms with van der Waals surface area (Å²) in [5.74, 6) is -0.756. The average molecular weight is 282 g/mol. The van der Waals surface area contributed by atoms with Crippen molar-refractivity contribution in [1.29, 1.82) is 0 Å². The van der Waals surface area contributed by atoms with Gasteiger partial charge in [0, 0.05) is 19.0 Å². The number of carbonyl (C=O) groups is 2. The van der Waals surface area contributed by atoms with Crippen molar-refractivity contribution in [3.8, 4) is 0 Å². The molecule has 0 spiro atoms. The van der Waals surface area contributed by atoms with Gasteiger partial charge >= 0.3 is 5.97 Å². The van der Waals surface area contributed by atoms with E-state index in [9.17, 15) is 14.7 Å². The highest BCUT2D eigenvalue weighted by atomic mass is 16.4. The molecule has 0 aromatic rings. The summed E-state index contributed by atoms with van der Waals surface area (Å²) < 4.78 is 0. The minimum absolute atomic E-state index is 0.0312. The van der Waals surface area contributed by atoms with E-state index in [4.69, 9.17) is 0 Å². The normalized spacial score (nSPS) is 22.6. The first-order chi connectivity index (χ1) is 9.59. The highest BCUT2D eigenvalue weighted by Gasteiger charge is 2.44. The lowest BCUT2D eigenvalue weighted by Crippen LogP contribution is -2.47. The van der Waals surface area contributed by atoms with Crippen LogP contribution < -0.4 is 5.32 Å². The van der Waals surface area contributed by atoms with Crippen LogP contribution in [0, 0.1) is 5.41 Å². The maximum Gasteiger partial charge on any atom is 0.310 e. The van der Waals surface area contributed by atoms with Gasteiger partial charge in [-0.1, -0.05) is 12.8 Å². The molecule has 1 aliphatic heterocycles. The fraction of sp³-hybridized carbons (Fsp3) is 0.867. The maximum atomic E-state index is 12.6. The van der Waals surface area contributed by atoms with Gasteiger partial charge in [-0.2, -0.15) is 0 Å². The Kier molecular flexibility index (Phi) is 5.02. The third-order valence-corrected chi connectivity index (χ3v) is 4.91. The van der Waals surface area contributed by atoms with E-state index in [0.29, 0.717) is 19.4 Å². The molecule has 0 atom stereocenters. The van der Waals surface area contributed by atoms with Crippen LogP contribution in [-0.2, 0) is 9.59 Å². The summed E-state index contributed by atoms with van der Waals surface area (Å²) in [6.07, 6.45) is 5.28. The van der Waals surface area contributed by atoms with Gasteiger partial charge < -0.3 is 15.3 Å². The molecule has 1 heterocycles. The van der Waals surface area contributed by atoms with Crippen LogP contribution in [-0.4, -0.2) is 47.6 Å². The molecule has 2 aliphatic rings. The van der Waals surface area contributed by atoms with Crippen LogP contribution in [0.1, 0.15) is 51.9 Å². The summed E-state index contributed by atoms with van der Waals surface area (Å²) in [4.78, 5) is 26.1. The first kappa shape index (κ1) is 15.3. The molecule has 5 heteroatoms. The minimum Gasteiger partial charge on any atom is -0.481 e. The summed E-state index contributed by atoms with van der Waals surface area (Å²) >= 11 is 0. The Morgan fingerprint density at radius 1 is 1.25 bits per heavy atom. The number of carboxylic acid groups (broad SMARTS) is 1. The van der Waals surface area contributed by atoms with Crippen molar-refractivity contribution in [2.45, 2.75) is 57.9 Å². The zero-order valence-corrected chi connectivity index (χ0v) is 12.4. The number of hydrogen-bond donors (Lipinski definition) is 2. The summed E-state index contributed by atoms with van der Waals surface area (Å²) in [6, 6.07) is 0.279. The van der Waals surface area contributed by atoms with Crippen molar-refractivity contribution < 1.29 is 14.7 Å². The first-order valence-electron chi connectivity index (χ1n) is 7.82. The van der Waals surface area contributed by atoms with E-state index in [1.165, 1.54) is 0 Å². The average Bonchev–Trinajstić information content (AvgIpc) is 2.90. The maximum absolute atomic E-state index is 12.6. The molecule has 1 saturated heterocycles. The second-order valence-corrected chi connectivity index (χ2v) is 6.13. The molecular weight excluding hydrogens is 256 g/mol. The van der Waals surface area contributed by atoms with Gasteiger partial charge in [-0.05, 0) is 45.7 Å². The summed E-state index contributed by atoms with van der Waals surface area (Å²) in [5.41, 5.74) is -0.794. The topological polar surface area (TPSA) is 69.6 Å². The molecule has 0 aromatic carbocycles. The van der Waals surface area contributed by atoms with Gasteiger partial charge in [0.2, 0.25) is 5.91 Å². The van der Waals surface area contributed by atoms with Crippen LogP contribution in [0.2, 0.25) is 0 Å². The molecule has 114 valence electrons. The van der Waals surface area contributed by atoms with E-state index in [1.54, 1.807) is 0 Å². The van der Waals surface area contributed by atoms with E-state index in [1.807, 2.05) is 11.8 Å². The molecule has 0 unspecified atom stereocenters. The molecule has 0 bridgehead atoms. The Morgan fingerprint density at radius 2 is 1.85 bits per heavy atom. The van der Waals surface area contributed by atoms with Gasteiger partial charge in [0.25, 0.3) is 0 Å². The molecule has 1 amide bonds. The van der Waals surface area contributed by atoms with Crippen LogP contribution >= 0.6 is 0 Å². The van der Waals surface area contributed by atoms with Crippen molar-refractivity contribution in [3.05, 3.63) is 0 Å².